The summed E-state index contributed by atoms with van der Waals surface area (Å²) in [5.74, 6) is -1.55. The van der Waals surface area contributed by atoms with Gasteiger partial charge in [-0.1, -0.05) is 0 Å². The van der Waals surface area contributed by atoms with Crippen molar-refractivity contribution in [2.24, 2.45) is 5.73 Å². The predicted octanol–water partition coefficient (Wildman–Crippen LogP) is -0.443. The zero-order chi connectivity index (χ0) is 13.1. The van der Waals surface area contributed by atoms with Crippen LogP contribution in [0.3, 0.4) is 0 Å². The second kappa shape index (κ2) is 5.03. The van der Waals surface area contributed by atoms with E-state index in [2.05, 4.69) is 10.6 Å². The second-order valence-electron chi connectivity index (χ2n) is 4.41. The van der Waals surface area contributed by atoms with Crippen LogP contribution in [0.5, 0.6) is 0 Å². The van der Waals surface area contributed by atoms with Gasteiger partial charge in [0.05, 0.1) is 0 Å². The SMILES string of the molecule is CC(CC(N)=O)NC(=O)NC1(C(=O)O)CCC1. The fourth-order valence-corrected chi connectivity index (χ4v) is 1.75. The summed E-state index contributed by atoms with van der Waals surface area (Å²) in [6.45, 7) is 1.62. The Morgan fingerprint density at radius 2 is 2.00 bits per heavy atom. The number of primary amides is 1. The topological polar surface area (TPSA) is 122 Å². The predicted molar refractivity (Wildman–Crippen MR) is 59.2 cm³/mol. The lowest BCUT2D eigenvalue weighted by Crippen LogP contribution is -2.61. The summed E-state index contributed by atoms with van der Waals surface area (Å²) in [4.78, 5) is 33.1. The van der Waals surface area contributed by atoms with Crippen molar-refractivity contribution < 1.29 is 19.5 Å². The first kappa shape index (κ1) is 13.3. The highest BCUT2D eigenvalue weighted by Gasteiger charge is 2.45. The van der Waals surface area contributed by atoms with Crippen LogP contribution in [0.1, 0.15) is 32.6 Å². The third-order valence-corrected chi connectivity index (χ3v) is 2.85. The maximum atomic E-state index is 11.5. The first-order valence-electron chi connectivity index (χ1n) is 5.46. The summed E-state index contributed by atoms with van der Waals surface area (Å²) in [6.07, 6.45) is 1.66. The van der Waals surface area contributed by atoms with E-state index in [0.29, 0.717) is 12.8 Å². The van der Waals surface area contributed by atoms with Crippen LogP contribution in [-0.4, -0.2) is 34.6 Å². The molecule has 1 rings (SSSR count). The number of carbonyl (C=O) groups is 3. The largest absolute Gasteiger partial charge is 0.480 e. The van der Waals surface area contributed by atoms with E-state index < -0.39 is 29.5 Å². The molecule has 7 nitrogen and oxygen atoms in total. The van der Waals surface area contributed by atoms with Gasteiger partial charge < -0.3 is 21.5 Å². The molecule has 0 saturated heterocycles. The van der Waals surface area contributed by atoms with E-state index in [0.717, 1.165) is 6.42 Å². The third kappa shape index (κ3) is 3.33. The molecule has 96 valence electrons. The summed E-state index contributed by atoms with van der Waals surface area (Å²) >= 11 is 0. The standard InChI is InChI=1S/C10H17N3O4/c1-6(5-7(11)14)12-9(17)13-10(8(15)16)3-2-4-10/h6H,2-5H2,1H3,(H2,11,14)(H,15,16)(H2,12,13,17). The molecule has 3 amide bonds. The zero-order valence-electron chi connectivity index (χ0n) is 9.66. The number of urea groups is 1. The fourth-order valence-electron chi connectivity index (χ4n) is 1.75. The van der Waals surface area contributed by atoms with E-state index in [1.807, 2.05) is 0 Å². The highest BCUT2D eigenvalue weighted by molar-refractivity contribution is 5.87. The Morgan fingerprint density at radius 1 is 1.41 bits per heavy atom. The minimum atomic E-state index is -1.14. The van der Waals surface area contributed by atoms with Gasteiger partial charge in [0.25, 0.3) is 0 Å². The molecule has 0 heterocycles. The molecule has 1 atom stereocenters. The Kier molecular flexibility index (Phi) is 3.93. The van der Waals surface area contributed by atoms with Crippen LogP contribution in [0.25, 0.3) is 0 Å². The van der Waals surface area contributed by atoms with Crippen LogP contribution >= 0.6 is 0 Å². The average molecular weight is 243 g/mol. The van der Waals surface area contributed by atoms with E-state index in [-0.39, 0.29) is 6.42 Å². The Labute approximate surface area is 98.7 Å². The van der Waals surface area contributed by atoms with Crippen LogP contribution in [-0.2, 0) is 9.59 Å². The summed E-state index contributed by atoms with van der Waals surface area (Å²) in [5, 5.41) is 13.9. The molecule has 0 spiro atoms. The van der Waals surface area contributed by atoms with Crippen LogP contribution in [0.4, 0.5) is 4.79 Å². The van der Waals surface area contributed by atoms with Crippen LogP contribution in [0.15, 0.2) is 0 Å². The average Bonchev–Trinajstić information content (AvgIpc) is 2.08. The van der Waals surface area contributed by atoms with Crippen molar-refractivity contribution in [3.8, 4) is 0 Å². The zero-order valence-corrected chi connectivity index (χ0v) is 9.66. The Bertz CT molecular complexity index is 338. The number of nitrogens with two attached hydrogens (primary N) is 1. The fraction of sp³-hybridized carbons (Fsp3) is 0.700. The van der Waals surface area contributed by atoms with Crippen molar-refractivity contribution >= 4 is 17.9 Å². The quantitative estimate of drug-likeness (QED) is 0.522. The molecule has 0 aliphatic heterocycles. The lowest BCUT2D eigenvalue weighted by atomic mass is 9.77. The number of aliphatic carboxylic acids is 1. The number of carbonyl (C=O) groups excluding carboxylic acids is 2. The highest BCUT2D eigenvalue weighted by atomic mass is 16.4. The molecule has 0 aromatic rings. The molecule has 0 radical (unpaired) electrons. The van der Waals surface area contributed by atoms with Gasteiger partial charge in [-0.15, -0.1) is 0 Å². The minimum Gasteiger partial charge on any atom is -0.480 e. The van der Waals surface area contributed by atoms with Gasteiger partial charge >= 0.3 is 12.0 Å². The lowest BCUT2D eigenvalue weighted by Gasteiger charge is -2.38. The Morgan fingerprint density at radius 3 is 2.35 bits per heavy atom. The maximum absolute atomic E-state index is 11.5. The molecule has 7 heteroatoms. The van der Waals surface area contributed by atoms with Crippen LogP contribution in [0.2, 0.25) is 0 Å². The summed E-state index contributed by atoms with van der Waals surface area (Å²) in [5.41, 5.74) is 3.83. The van der Waals surface area contributed by atoms with Crippen molar-refractivity contribution in [1.82, 2.24) is 10.6 Å². The Hall–Kier alpha value is -1.79. The smallest absolute Gasteiger partial charge is 0.329 e. The Balaban J connectivity index is 2.43. The number of carboxylic acid groups (broad SMARTS) is 1. The molecule has 1 aliphatic rings. The van der Waals surface area contributed by atoms with E-state index in [9.17, 15) is 14.4 Å². The molecular weight excluding hydrogens is 226 g/mol. The van der Waals surface area contributed by atoms with Crippen molar-refractivity contribution in [2.75, 3.05) is 0 Å². The third-order valence-electron chi connectivity index (χ3n) is 2.85. The van der Waals surface area contributed by atoms with Crippen LogP contribution < -0.4 is 16.4 Å². The molecule has 5 N–H and O–H groups in total. The number of hydrogen-bond acceptors (Lipinski definition) is 3. The monoisotopic (exact) mass is 243 g/mol. The summed E-state index contributed by atoms with van der Waals surface area (Å²) < 4.78 is 0. The van der Waals surface area contributed by atoms with Crippen molar-refractivity contribution in [1.29, 1.82) is 0 Å². The second-order valence-corrected chi connectivity index (χ2v) is 4.41. The molecular formula is C10H17N3O4. The number of carboxylic acids is 1. The highest BCUT2D eigenvalue weighted by Crippen LogP contribution is 2.31. The van der Waals surface area contributed by atoms with Gasteiger partial charge in [-0.25, -0.2) is 9.59 Å². The minimum absolute atomic E-state index is 0.0213. The summed E-state index contributed by atoms with van der Waals surface area (Å²) in [7, 11) is 0. The van der Waals surface area contributed by atoms with Crippen LogP contribution in [0, 0.1) is 0 Å². The number of nitrogens with one attached hydrogen (secondary N) is 2. The molecule has 0 bridgehead atoms. The molecule has 0 aromatic carbocycles. The molecule has 1 fully saturated rings. The normalized spacial score (nSPS) is 18.6. The summed E-state index contributed by atoms with van der Waals surface area (Å²) in [6, 6.07) is -1.00. The lowest BCUT2D eigenvalue weighted by molar-refractivity contribution is -0.148. The van der Waals surface area contributed by atoms with Gasteiger partial charge in [-0.05, 0) is 26.2 Å². The number of amides is 3. The van der Waals surface area contributed by atoms with Gasteiger partial charge in [-0.2, -0.15) is 0 Å². The van der Waals surface area contributed by atoms with Gasteiger partial charge in [0.15, 0.2) is 0 Å². The molecule has 0 aromatic heterocycles. The molecule has 17 heavy (non-hydrogen) atoms. The van der Waals surface area contributed by atoms with Crippen molar-refractivity contribution in [2.45, 2.75) is 44.2 Å². The maximum Gasteiger partial charge on any atom is 0.329 e. The first-order chi connectivity index (χ1) is 7.85. The van der Waals surface area contributed by atoms with E-state index >= 15 is 0 Å². The van der Waals surface area contributed by atoms with E-state index in [4.69, 9.17) is 10.8 Å². The van der Waals surface area contributed by atoms with E-state index in [1.165, 1.54) is 0 Å². The van der Waals surface area contributed by atoms with Gasteiger partial charge in [-0.3, -0.25) is 4.79 Å². The molecule has 1 aliphatic carbocycles. The molecule has 1 saturated carbocycles. The van der Waals surface area contributed by atoms with Crippen molar-refractivity contribution in [3.05, 3.63) is 0 Å². The van der Waals surface area contributed by atoms with Gasteiger partial charge in [0.2, 0.25) is 5.91 Å². The van der Waals surface area contributed by atoms with Gasteiger partial charge in [0.1, 0.15) is 5.54 Å². The van der Waals surface area contributed by atoms with E-state index in [1.54, 1.807) is 6.92 Å². The number of hydrogen-bond donors (Lipinski definition) is 4. The van der Waals surface area contributed by atoms with Crippen molar-refractivity contribution in [3.63, 3.8) is 0 Å². The first-order valence-corrected chi connectivity index (χ1v) is 5.46. The molecule has 1 unspecified atom stereocenters. The number of rotatable bonds is 5. The van der Waals surface area contributed by atoms with Gasteiger partial charge in [0, 0.05) is 12.5 Å².